The highest BCUT2D eigenvalue weighted by atomic mass is 16.8. The number of fused-ring (bicyclic) bond motifs is 10. The molecule has 53 heavy (non-hydrogen) atoms. The summed E-state index contributed by atoms with van der Waals surface area (Å²) >= 11 is 0. The van der Waals surface area contributed by atoms with E-state index in [0.717, 1.165) is 62.9 Å². The number of carboxylic acids is 1. The molecule has 0 aliphatic heterocycles. The minimum absolute atomic E-state index is 0.167. The summed E-state index contributed by atoms with van der Waals surface area (Å²) in [5, 5.41) is 50.6. The molecular formula is C43H54N2O8. The first-order valence-corrected chi connectivity index (χ1v) is 19.6. The monoisotopic (exact) mass is 726 g/mol. The normalized spacial score (nSPS) is 37.7. The Morgan fingerprint density at radius 1 is 0.660 bits per heavy atom. The topological polar surface area (TPSA) is 161 Å². The molecule has 4 saturated carbocycles. The molecule has 0 amide bonds. The molecule has 3 aromatic carbocycles. The fourth-order valence-electron chi connectivity index (χ4n) is 12.0. The van der Waals surface area contributed by atoms with Crippen molar-refractivity contribution < 1.29 is 40.0 Å². The van der Waals surface area contributed by atoms with E-state index in [4.69, 9.17) is 14.8 Å². The molecule has 0 bridgehead atoms. The third-order valence-electron chi connectivity index (χ3n) is 14.7. The number of aryl methyl sites for hydroxylation is 2. The van der Waals surface area contributed by atoms with Crippen LogP contribution >= 0.6 is 0 Å². The average Bonchev–Trinajstić information content (AvgIpc) is 3.55. The van der Waals surface area contributed by atoms with E-state index in [1.54, 1.807) is 30.3 Å². The van der Waals surface area contributed by atoms with Crippen molar-refractivity contribution in [1.82, 2.24) is 11.2 Å². The van der Waals surface area contributed by atoms with Crippen LogP contribution in [0.15, 0.2) is 66.7 Å². The Bertz CT molecular complexity index is 1700. The van der Waals surface area contributed by atoms with Gasteiger partial charge in [-0.2, -0.15) is 0 Å². The number of carboxylic acid groups (broad SMARTS) is 1. The second-order valence-electron chi connectivity index (χ2n) is 17.2. The molecule has 0 radical (unpaired) electrons. The number of hydrogen-bond donors (Lipinski definition) is 7. The van der Waals surface area contributed by atoms with E-state index in [2.05, 4.69) is 49.3 Å². The van der Waals surface area contributed by atoms with Gasteiger partial charge in [-0.25, -0.2) is 4.79 Å². The summed E-state index contributed by atoms with van der Waals surface area (Å²) in [5.41, 5.74) is 10.9. The van der Waals surface area contributed by atoms with Gasteiger partial charge in [0.1, 0.15) is 11.5 Å². The van der Waals surface area contributed by atoms with E-state index in [1.807, 2.05) is 12.1 Å². The molecule has 6 aliphatic carbocycles. The maximum absolute atomic E-state index is 10.7. The van der Waals surface area contributed by atoms with Gasteiger partial charge in [-0.15, -0.1) is 0 Å². The van der Waals surface area contributed by atoms with Crippen LogP contribution in [-0.2, 0) is 12.8 Å². The zero-order valence-electron chi connectivity index (χ0n) is 30.7. The number of nitrogens with one attached hydrogen (secondary N) is 2. The van der Waals surface area contributed by atoms with Crippen LogP contribution in [0.2, 0.25) is 0 Å². The number of hydrogen-bond acceptors (Lipinski definition) is 9. The van der Waals surface area contributed by atoms with E-state index < -0.39 is 30.4 Å². The van der Waals surface area contributed by atoms with Gasteiger partial charge < -0.3 is 35.2 Å². The first-order valence-electron chi connectivity index (χ1n) is 19.6. The van der Waals surface area contributed by atoms with Crippen LogP contribution in [-0.4, -0.2) is 55.9 Å². The smallest absolute Gasteiger partial charge is 0.335 e. The van der Waals surface area contributed by atoms with Crippen LogP contribution < -0.4 is 20.9 Å². The molecule has 0 saturated heterocycles. The Morgan fingerprint density at radius 2 is 1.11 bits per heavy atom. The van der Waals surface area contributed by atoms with Crippen LogP contribution in [0, 0.1) is 34.5 Å². The van der Waals surface area contributed by atoms with Crippen LogP contribution in [0.4, 0.5) is 0 Å². The van der Waals surface area contributed by atoms with E-state index in [1.165, 1.54) is 22.3 Å². The molecule has 12 atom stereocenters. The van der Waals surface area contributed by atoms with Crippen molar-refractivity contribution in [3.8, 4) is 11.5 Å². The van der Waals surface area contributed by atoms with E-state index >= 15 is 0 Å². The number of rotatable bonds is 6. The third-order valence-corrected chi connectivity index (χ3v) is 14.7. The summed E-state index contributed by atoms with van der Waals surface area (Å²) < 4.78 is 0. The maximum atomic E-state index is 10.7. The lowest BCUT2D eigenvalue weighted by Gasteiger charge is -2.49. The summed E-state index contributed by atoms with van der Waals surface area (Å²) in [6.45, 7) is 4.36. The molecule has 0 heterocycles. The summed E-state index contributed by atoms with van der Waals surface area (Å²) in [5.74, 6) is 3.31. The summed E-state index contributed by atoms with van der Waals surface area (Å²) in [6, 6.07) is 21.0. The molecule has 6 unspecified atom stereocenters. The lowest BCUT2D eigenvalue weighted by Crippen LogP contribution is -2.44. The van der Waals surface area contributed by atoms with Crippen molar-refractivity contribution in [3.05, 3.63) is 94.5 Å². The van der Waals surface area contributed by atoms with Crippen molar-refractivity contribution in [2.24, 2.45) is 34.5 Å². The second-order valence-corrected chi connectivity index (χ2v) is 17.2. The Morgan fingerprint density at radius 3 is 1.53 bits per heavy atom. The predicted octanol–water partition coefficient (Wildman–Crippen LogP) is 5.83. The van der Waals surface area contributed by atoms with Crippen LogP contribution in [0.5, 0.6) is 11.5 Å². The standard InChI is InChI=1S/C36H48N2O6.C7H6O2/c1-35-13-11-25-23-9-5-21(15-19(23)3-7-27(25)29(35)17-31(39)33(35)41)43-37-38-44-22-6-10-24-20(16-22)4-8-28-26(24)12-14-36(2)30(28)18-32(40)34(36)42;8-7(9)6-4-2-1-3-5-6/h5-6,9-10,15-16,25-34,37-42H,3-4,7-8,11-14,17-18H2,1-2H3;1-5H,(H,8,9)/t25?,26?,27?,28?,29?,30?,31-,32-,33+,34+,35+,36+;/m1./s1. The van der Waals surface area contributed by atoms with Gasteiger partial charge in [-0.05, 0) is 169 Å². The molecule has 4 fully saturated rings. The fourth-order valence-corrected chi connectivity index (χ4v) is 12.0. The lowest BCUT2D eigenvalue weighted by molar-refractivity contribution is -0.0505. The highest BCUT2D eigenvalue weighted by Gasteiger charge is 2.59. The minimum atomic E-state index is -0.879. The Labute approximate surface area is 311 Å². The maximum Gasteiger partial charge on any atom is 0.335 e. The van der Waals surface area contributed by atoms with Crippen LogP contribution in [0.3, 0.4) is 0 Å². The van der Waals surface area contributed by atoms with Crippen molar-refractivity contribution >= 4 is 5.97 Å². The Kier molecular flexibility index (Phi) is 9.83. The molecule has 10 heteroatoms. The van der Waals surface area contributed by atoms with Gasteiger partial charge in [-0.1, -0.05) is 55.4 Å². The quantitative estimate of drug-likeness (QED) is 0.122. The first kappa shape index (κ1) is 36.5. The molecule has 0 aromatic heterocycles. The fraction of sp³-hybridized carbons (Fsp3) is 0.558. The second kappa shape index (κ2) is 14.3. The minimum Gasteiger partial charge on any atom is -0.478 e. The van der Waals surface area contributed by atoms with Crippen LogP contribution in [0.1, 0.15) is 110 Å². The molecule has 6 aliphatic rings. The number of carbonyl (C=O) groups is 1. The molecule has 0 spiro atoms. The Hall–Kier alpha value is -3.51. The first-order chi connectivity index (χ1) is 25.5. The Balaban J connectivity index is 0.000000391. The van der Waals surface area contributed by atoms with E-state index in [9.17, 15) is 25.2 Å². The van der Waals surface area contributed by atoms with Crippen molar-refractivity contribution in [1.29, 1.82) is 0 Å². The van der Waals surface area contributed by atoms with Crippen molar-refractivity contribution in [3.63, 3.8) is 0 Å². The average molecular weight is 727 g/mol. The van der Waals surface area contributed by atoms with E-state index in [-0.39, 0.29) is 10.8 Å². The zero-order valence-corrected chi connectivity index (χ0v) is 30.7. The van der Waals surface area contributed by atoms with Gasteiger partial charge in [0, 0.05) is 0 Å². The molecular weight excluding hydrogens is 672 g/mol. The van der Waals surface area contributed by atoms with Gasteiger partial charge in [-0.3, -0.25) is 0 Å². The lowest BCUT2D eigenvalue weighted by atomic mass is 9.55. The summed E-state index contributed by atoms with van der Waals surface area (Å²) in [7, 11) is 0. The largest absolute Gasteiger partial charge is 0.478 e. The molecule has 10 nitrogen and oxygen atoms in total. The SMILES string of the molecule is C[C@]12CCC3c4ccc(ONNOc5ccc6c(c5)CCC5C6CC[C@@]6(C)C5C[C@@H](O)[C@@H]6O)cc4CCC3C1C[C@@H](O)[C@@H]2O.O=C(O)c1ccccc1. The number of aliphatic hydroxyl groups excluding tert-OH is 4. The predicted molar refractivity (Wildman–Crippen MR) is 198 cm³/mol. The number of hydrazine groups is 1. The number of aliphatic hydroxyl groups is 4. The number of benzene rings is 3. The third kappa shape index (κ3) is 6.45. The van der Waals surface area contributed by atoms with Crippen molar-refractivity contribution in [2.75, 3.05) is 0 Å². The van der Waals surface area contributed by atoms with Crippen molar-refractivity contribution in [2.45, 2.75) is 114 Å². The van der Waals surface area contributed by atoms with Gasteiger partial charge >= 0.3 is 5.97 Å². The van der Waals surface area contributed by atoms with Gasteiger partial charge in [0.2, 0.25) is 0 Å². The van der Waals surface area contributed by atoms with Gasteiger partial charge in [0.15, 0.2) is 0 Å². The molecule has 9 rings (SSSR count). The van der Waals surface area contributed by atoms with Gasteiger partial charge in [0.05, 0.1) is 30.0 Å². The van der Waals surface area contributed by atoms with Gasteiger partial charge in [0.25, 0.3) is 0 Å². The highest BCUT2D eigenvalue weighted by molar-refractivity contribution is 5.87. The number of aromatic carboxylic acids is 1. The summed E-state index contributed by atoms with van der Waals surface area (Å²) in [6.07, 6.45) is 7.17. The molecule has 7 N–H and O–H groups in total. The van der Waals surface area contributed by atoms with E-state index in [0.29, 0.717) is 53.9 Å². The molecule has 284 valence electrons. The highest BCUT2D eigenvalue weighted by Crippen LogP contribution is 2.62. The zero-order chi connectivity index (χ0) is 37.1. The molecule has 3 aromatic rings. The van der Waals surface area contributed by atoms with Crippen LogP contribution in [0.25, 0.3) is 0 Å². The summed E-state index contributed by atoms with van der Waals surface area (Å²) in [4.78, 5) is 21.8.